The van der Waals surface area contributed by atoms with Crippen LogP contribution in [0.2, 0.25) is 0 Å². The molecule has 0 bridgehead atoms. The van der Waals surface area contributed by atoms with Gasteiger partial charge >= 0.3 is 0 Å². The van der Waals surface area contributed by atoms with Crippen LogP contribution in [0.4, 0.5) is 0 Å². The Bertz CT molecular complexity index is 192. The third kappa shape index (κ3) is 2.69. The number of aliphatic hydroxyl groups is 2. The summed E-state index contributed by atoms with van der Waals surface area (Å²) in [5.74, 6) is 0.465. The van der Waals surface area contributed by atoms with E-state index in [1.165, 1.54) is 0 Å². The molecule has 4 heteroatoms. The quantitative estimate of drug-likeness (QED) is 0.594. The summed E-state index contributed by atoms with van der Waals surface area (Å²) in [5.41, 5.74) is 0. The summed E-state index contributed by atoms with van der Waals surface area (Å²) in [4.78, 5) is 11.7. The highest BCUT2D eigenvalue weighted by Gasteiger charge is 2.30. The molecule has 3 N–H and O–H groups in total. The van der Waals surface area contributed by atoms with Crippen LogP contribution in [0.25, 0.3) is 0 Å². The average Bonchev–Trinajstić information content (AvgIpc) is 2.60. The van der Waals surface area contributed by atoms with E-state index < -0.39 is 6.04 Å². The van der Waals surface area contributed by atoms with Gasteiger partial charge in [0.15, 0.2) is 0 Å². The van der Waals surface area contributed by atoms with Crippen LogP contribution < -0.4 is 5.32 Å². The average molecular weight is 201 g/mol. The molecular weight excluding hydrogens is 182 g/mol. The molecule has 0 aromatic carbocycles. The zero-order valence-corrected chi connectivity index (χ0v) is 8.57. The highest BCUT2D eigenvalue weighted by atomic mass is 16.3. The summed E-state index contributed by atoms with van der Waals surface area (Å²) in [5, 5.41) is 20.3. The topological polar surface area (TPSA) is 69.6 Å². The first-order chi connectivity index (χ1) is 6.69. The number of nitrogens with one attached hydrogen (secondary N) is 1. The van der Waals surface area contributed by atoms with Gasteiger partial charge in [-0.05, 0) is 18.8 Å². The molecule has 2 unspecified atom stereocenters. The predicted octanol–water partition coefficient (Wildman–Crippen LogP) is -0.108. The van der Waals surface area contributed by atoms with E-state index in [2.05, 4.69) is 12.2 Å². The first-order valence-electron chi connectivity index (χ1n) is 5.21. The van der Waals surface area contributed by atoms with Gasteiger partial charge in [0.25, 0.3) is 0 Å². The Hall–Kier alpha value is -0.610. The van der Waals surface area contributed by atoms with Gasteiger partial charge in [0.05, 0.1) is 19.3 Å². The molecule has 0 aromatic rings. The molecule has 1 fully saturated rings. The van der Waals surface area contributed by atoms with Crippen LogP contribution in [0.1, 0.15) is 26.2 Å². The summed E-state index contributed by atoms with van der Waals surface area (Å²) in [6.45, 7) is 1.66. The summed E-state index contributed by atoms with van der Waals surface area (Å²) in [6.07, 6.45) is 3.12. The number of aliphatic hydroxyl groups excluding tert-OH is 2. The predicted molar refractivity (Wildman–Crippen MR) is 52.6 cm³/mol. The van der Waals surface area contributed by atoms with E-state index in [1.807, 2.05) is 0 Å². The van der Waals surface area contributed by atoms with Gasteiger partial charge in [0.1, 0.15) is 0 Å². The maximum atomic E-state index is 11.7. The molecule has 0 spiro atoms. The number of carbonyl (C=O) groups excluding carboxylic acids is 1. The van der Waals surface area contributed by atoms with Crippen molar-refractivity contribution in [2.75, 3.05) is 13.2 Å². The summed E-state index contributed by atoms with van der Waals surface area (Å²) in [6, 6.07) is -0.504. The molecule has 1 amide bonds. The Morgan fingerprint density at radius 1 is 1.43 bits per heavy atom. The Labute approximate surface area is 84.3 Å². The van der Waals surface area contributed by atoms with Crippen LogP contribution in [-0.2, 0) is 4.79 Å². The summed E-state index contributed by atoms with van der Waals surface area (Å²) >= 11 is 0. The standard InChI is InChI=1S/C10H19NO3/c1-7-3-2-4-9(7)10(14)11-8(5-12)6-13/h7-9,12-13H,2-6H2,1H3,(H,11,14). The third-order valence-electron chi connectivity index (χ3n) is 2.99. The van der Waals surface area contributed by atoms with Crippen LogP contribution in [0.3, 0.4) is 0 Å². The molecule has 1 saturated carbocycles. The maximum Gasteiger partial charge on any atom is 0.223 e. The van der Waals surface area contributed by atoms with Gasteiger partial charge in [0.2, 0.25) is 5.91 Å². The van der Waals surface area contributed by atoms with E-state index in [0.29, 0.717) is 5.92 Å². The number of hydrogen-bond donors (Lipinski definition) is 3. The molecule has 1 rings (SSSR count). The van der Waals surface area contributed by atoms with Crippen LogP contribution in [-0.4, -0.2) is 35.4 Å². The van der Waals surface area contributed by atoms with E-state index in [9.17, 15) is 4.79 Å². The number of rotatable bonds is 4. The normalized spacial score (nSPS) is 26.9. The van der Waals surface area contributed by atoms with E-state index in [1.54, 1.807) is 0 Å². The summed E-state index contributed by atoms with van der Waals surface area (Å²) in [7, 11) is 0. The molecule has 0 saturated heterocycles. The van der Waals surface area contributed by atoms with E-state index in [4.69, 9.17) is 10.2 Å². The first-order valence-corrected chi connectivity index (χ1v) is 5.21. The monoisotopic (exact) mass is 201 g/mol. The second kappa shape index (κ2) is 5.32. The minimum Gasteiger partial charge on any atom is -0.394 e. The molecule has 1 aliphatic carbocycles. The number of amides is 1. The van der Waals surface area contributed by atoms with Gasteiger partial charge in [-0.2, -0.15) is 0 Å². The lowest BCUT2D eigenvalue weighted by molar-refractivity contribution is -0.127. The molecule has 0 heterocycles. The summed E-state index contributed by atoms with van der Waals surface area (Å²) < 4.78 is 0. The van der Waals surface area contributed by atoms with Crippen molar-refractivity contribution in [1.82, 2.24) is 5.32 Å². The highest BCUT2D eigenvalue weighted by molar-refractivity contribution is 5.79. The van der Waals surface area contributed by atoms with Crippen molar-refractivity contribution in [1.29, 1.82) is 0 Å². The Kier molecular flexibility index (Phi) is 4.35. The lowest BCUT2D eigenvalue weighted by Gasteiger charge is -2.19. The number of hydrogen-bond acceptors (Lipinski definition) is 3. The van der Waals surface area contributed by atoms with Gasteiger partial charge < -0.3 is 15.5 Å². The van der Waals surface area contributed by atoms with Gasteiger partial charge in [-0.1, -0.05) is 13.3 Å². The van der Waals surface area contributed by atoms with Crippen molar-refractivity contribution in [2.45, 2.75) is 32.2 Å². The molecule has 0 radical (unpaired) electrons. The van der Waals surface area contributed by atoms with Crippen LogP contribution >= 0.6 is 0 Å². The SMILES string of the molecule is CC1CCCC1C(=O)NC(CO)CO. The molecule has 0 aromatic heterocycles. The van der Waals surface area contributed by atoms with E-state index >= 15 is 0 Å². The first kappa shape index (κ1) is 11.5. The molecule has 82 valence electrons. The van der Waals surface area contributed by atoms with Crippen molar-refractivity contribution in [3.8, 4) is 0 Å². The van der Waals surface area contributed by atoms with Crippen LogP contribution in [0.5, 0.6) is 0 Å². The smallest absolute Gasteiger partial charge is 0.223 e. The van der Waals surface area contributed by atoms with Crippen molar-refractivity contribution in [3.63, 3.8) is 0 Å². The van der Waals surface area contributed by atoms with Gasteiger partial charge in [-0.15, -0.1) is 0 Å². The minimum atomic E-state index is -0.504. The largest absolute Gasteiger partial charge is 0.394 e. The Morgan fingerprint density at radius 2 is 2.07 bits per heavy atom. The lowest BCUT2D eigenvalue weighted by atomic mass is 9.97. The molecule has 0 aliphatic heterocycles. The molecule has 14 heavy (non-hydrogen) atoms. The lowest BCUT2D eigenvalue weighted by Crippen LogP contribution is -2.43. The van der Waals surface area contributed by atoms with Crippen molar-refractivity contribution in [2.24, 2.45) is 11.8 Å². The van der Waals surface area contributed by atoms with Crippen molar-refractivity contribution < 1.29 is 15.0 Å². The second-order valence-corrected chi connectivity index (χ2v) is 4.09. The highest BCUT2D eigenvalue weighted by Crippen LogP contribution is 2.31. The molecule has 2 atom stereocenters. The zero-order valence-electron chi connectivity index (χ0n) is 8.57. The maximum absolute atomic E-state index is 11.7. The zero-order chi connectivity index (χ0) is 10.6. The minimum absolute atomic E-state index is 0.0249. The fraction of sp³-hybridized carbons (Fsp3) is 0.900. The van der Waals surface area contributed by atoms with E-state index in [0.717, 1.165) is 19.3 Å². The van der Waals surface area contributed by atoms with Crippen molar-refractivity contribution in [3.05, 3.63) is 0 Å². The van der Waals surface area contributed by atoms with E-state index in [-0.39, 0.29) is 25.0 Å². The van der Waals surface area contributed by atoms with Crippen LogP contribution in [0, 0.1) is 11.8 Å². The Balaban J connectivity index is 2.40. The Morgan fingerprint density at radius 3 is 2.50 bits per heavy atom. The number of carbonyl (C=O) groups is 1. The molecule has 1 aliphatic rings. The fourth-order valence-electron chi connectivity index (χ4n) is 1.99. The van der Waals surface area contributed by atoms with Crippen molar-refractivity contribution >= 4 is 5.91 Å². The van der Waals surface area contributed by atoms with Gasteiger partial charge in [0, 0.05) is 5.92 Å². The van der Waals surface area contributed by atoms with Crippen LogP contribution in [0.15, 0.2) is 0 Å². The molecular formula is C10H19NO3. The fourth-order valence-corrected chi connectivity index (χ4v) is 1.99. The van der Waals surface area contributed by atoms with Gasteiger partial charge in [-0.25, -0.2) is 0 Å². The third-order valence-corrected chi connectivity index (χ3v) is 2.99. The molecule has 4 nitrogen and oxygen atoms in total. The van der Waals surface area contributed by atoms with Gasteiger partial charge in [-0.3, -0.25) is 4.79 Å². The second-order valence-electron chi connectivity index (χ2n) is 4.09.